The normalized spacial score (nSPS) is 12.1. The molecule has 0 amide bonds. The third-order valence-corrected chi connectivity index (χ3v) is 3.99. The monoisotopic (exact) mass is 324 g/mol. The molecule has 0 aliphatic heterocycles. The number of rotatable bonds is 4. The third-order valence-electron chi connectivity index (χ3n) is 2.47. The molecule has 1 aromatic heterocycles. The van der Waals surface area contributed by atoms with Crippen LogP contribution in [0.1, 0.15) is 16.5 Å². The molecule has 18 heavy (non-hydrogen) atoms. The first-order valence-corrected chi connectivity index (χ1v) is 6.98. The molecule has 5 heteroatoms. The average Bonchev–Trinajstić information content (AvgIpc) is 2.87. The van der Waals surface area contributed by atoms with Crippen LogP contribution in [0.4, 0.5) is 4.39 Å². The topological polar surface area (TPSA) is 35.8 Å². The average molecular weight is 325 g/mol. The third kappa shape index (κ3) is 3.16. The standard InChI is InChI=1S/C13H10BrFN2S/c14-11-4-3-9(6-12(11)15)13(7-16)17-8-10-2-1-5-18-10/h1-6,13,17H,8H2. The SMILES string of the molecule is N#CC(NCc1cccs1)c1ccc(Br)c(F)c1. The maximum atomic E-state index is 13.4. The summed E-state index contributed by atoms with van der Waals surface area (Å²) in [6.45, 7) is 0.605. The Hall–Kier alpha value is -1.22. The van der Waals surface area contributed by atoms with E-state index in [2.05, 4.69) is 27.3 Å². The Morgan fingerprint density at radius 3 is 2.89 bits per heavy atom. The van der Waals surface area contributed by atoms with Crippen LogP contribution in [0, 0.1) is 17.1 Å². The van der Waals surface area contributed by atoms with E-state index in [1.807, 2.05) is 17.5 Å². The number of halogens is 2. The highest BCUT2D eigenvalue weighted by molar-refractivity contribution is 9.10. The van der Waals surface area contributed by atoms with Crippen molar-refractivity contribution in [2.24, 2.45) is 0 Å². The molecule has 2 nitrogen and oxygen atoms in total. The van der Waals surface area contributed by atoms with Crippen LogP contribution >= 0.6 is 27.3 Å². The van der Waals surface area contributed by atoms with Crippen LogP contribution in [0.3, 0.4) is 0 Å². The Kier molecular flexibility index (Phi) is 4.48. The molecule has 2 aromatic rings. The fourth-order valence-corrected chi connectivity index (χ4v) is 2.45. The summed E-state index contributed by atoms with van der Waals surface area (Å²) in [4.78, 5) is 1.15. The van der Waals surface area contributed by atoms with Gasteiger partial charge in [-0.15, -0.1) is 11.3 Å². The van der Waals surface area contributed by atoms with E-state index in [0.29, 0.717) is 16.6 Å². The van der Waals surface area contributed by atoms with Crippen LogP contribution in [0.2, 0.25) is 0 Å². The lowest BCUT2D eigenvalue weighted by molar-refractivity contribution is 0.602. The smallest absolute Gasteiger partial charge is 0.137 e. The summed E-state index contributed by atoms with van der Waals surface area (Å²) in [6, 6.07) is 10.3. The van der Waals surface area contributed by atoms with Crippen molar-refractivity contribution in [1.29, 1.82) is 5.26 Å². The van der Waals surface area contributed by atoms with Gasteiger partial charge < -0.3 is 0 Å². The Balaban J connectivity index is 2.08. The maximum Gasteiger partial charge on any atom is 0.137 e. The summed E-state index contributed by atoms with van der Waals surface area (Å²) in [5.41, 5.74) is 0.634. The Morgan fingerprint density at radius 1 is 1.44 bits per heavy atom. The molecular formula is C13H10BrFN2S. The quantitative estimate of drug-likeness (QED) is 0.922. The minimum absolute atomic E-state index is 0.356. The molecule has 1 N–H and O–H groups in total. The Morgan fingerprint density at radius 2 is 2.28 bits per heavy atom. The summed E-state index contributed by atoms with van der Waals surface area (Å²) in [5, 5.41) is 14.2. The molecular weight excluding hydrogens is 315 g/mol. The first kappa shape index (κ1) is 13.2. The molecule has 1 aromatic carbocycles. The van der Waals surface area contributed by atoms with E-state index in [1.54, 1.807) is 23.5 Å². The van der Waals surface area contributed by atoms with Crippen LogP contribution in [0.15, 0.2) is 40.2 Å². The summed E-state index contributed by atoms with van der Waals surface area (Å²) in [7, 11) is 0. The van der Waals surface area contributed by atoms with E-state index in [0.717, 1.165) is 4.88 Å². The highest BCUT2D eigenvalue weighted by Gasteiger charge is 2.12. The first-order valence-electron chi connectivity index (χ1n) is 5.31. The lowest BCUT2D eigenvalue weighted by atomic mass is 10.1. The number of hydrogen-bond acceptors (Lipinski definition) is 3. The summed E-state index contributed by atoms with van der Waals surface area (Å²) < 4.78 is 13.8. The van der Waals surface area contributed by atoms with Crippen LogP contribution < -0.4 is 5.32 Å². The van der Waals surface area contributed by atoms with E-state index in [9.17, 15) is 4.39 Å². The molecule has 0 radical (unpaired) electrons. The summed E-state index contributed by atoms with van der Waals surface area (Å²) >= 11 is 4.72. The second-order valence-corrected chi connectivity index (χ2v) is 5.58. The fourth-order valence-electron chi connectivity index (χ4n) is 1.55. The van der Waals surface area contributed by atoms with Gasteiger partial charge in [-0.05, 0) is 45.1 Å². The molecule has 2 rings (SSSR count). The molecule has 1 atom stereocenters. The van der Waals surface area contributed by atoms with Crippen molar-refractivity contribution in [3.63, 3.8) is 0 Å². The van der Waals surface area contributed by atoms with Crippen molar-refractivity contribution < 1.29 is 4.39 Å². The molecule has 0 aliphatic carbocycles. The van der Waals surface area contributed by atoms with Gasteiger partial charge in [0, 0.05) is 11.4 Å². The fraction of sp³-hybridized carbons (Fsp3) is 0.154. The van der Waals surface area contributed by atoms with Crippen LogP contribution in [0.5, 0.6) is 0 Å². The van der Waals surface area contributed by atoms with Crippen LogP contribution in [0.25, 0.3) is 0 Å². The van der Waals surface area contributed by atoms with Gasteiger partial charge in [0.05, 0.1) is 10.5 Å². The van der Waals surface area contributed by atoms with Crippen LogP contribution in [-0.2, 0) is 6.54 Å². The molecule has 0 aliphatic rings. The number of hydrogen-bond donors (Lipinski definition) is 1. The number of nitriles is 1. The van der Waals surface area contributed by atoms with Crippen molar-refractivity contribution in [2.75, 3.05) is 0 Å². The van der Waals surface area contributed by atoms with Gasteiger partial charge in [-0.3, -0.25) is 5.32 Å². The predicted octanol–water partition coefficient (Wildman–Crippen LogP) is 4.00. The van der Waals surface area contributed by atoms with Gasteiger partial charge in [-0.1, -0.05) is 12.1 Å². The zero-order chi connectivity index (χ0) is 13.0. The number of nitrogens with one attached hydrogen (secondary N) is 1. The van der Waals surface area contributed by atoms with Crippen molar-refractivity contribution in [2.45, 2.75) is 12.6 Å². The van der Waals surface area contributed by atoms with Crippen molar-refractivity contribution in [1.82, 2.24) is 5.32 Å². The lowest BCUT2D eigenvalue weighted by Gasteiger charge is -2.11. The zero-order valence-electron chi connectivity index (χ0n) is 9.36. The van der Waals surface area contributed by atoms with Gasteiger partial charge in [-0.2, -0.15) is 5.26 Å². The van der Waals surface area contributed by atoms with Gasteiger partial charge in [0.25, 0.3) is 0 Å². The second-order valence-electron chi connectivity index (χ2n) is 3.70. The molecule has 0 saturated heterocycles. The largest absolute Gasteiger partial charge is 0.293 e. The second kappa shape index (κ2) is 6.10. The Labute approximate surface area is 117 Å². The van der Waals surface area contributed by atoms with Crippen molar-refractivity contribution in [3.05, 3.63) is 56.4 Å². The van der Waals surface area contributed by atoms with E-state index < -0.39 is 6.04 Å². The van der Waals surface area contributed by atoms with E-state index in [1.165, 1.54) is 6.07 Å². The molecule has 0 spiro atoms. The van der Waals surface area contributed by atoms with Gasteiger partial charge in [0.2, 0.25) is 0 Å². The van der Waals surface area contributed by atoms with Crippen molar-refractivity contribution >= 4 is 27.3 Å². The molecule has 92 valence electrons. The minimum Gasteiger partial charge on any atom is -0.293 e. The maximum absolute atomic E-state index is 13.4. The van der Waals surface area contributed by atoms with Gasteiger partial charge >= 0.3 is 0 Å². The highest BCUT2D eigenvalue weighted by atomic mass is 79.9. The van der Waals surface area contributed by atoms with Gasteiger partial charge in [0.1, 0.15) is 11.9 Å². The Bertz CT molecular complexity index is 563. The molecule has 0 fully saturated rings. The van der Waals surface area contributed by atoms with E-state index in [-0.39, 0.29) is 5.82 Å². The zero-order valence-corrected chi connectivity index (χ0v) is 11.8. The van der Waals surface area contributed by atoms with Crippen molar-refractivity contribution in [3.8, 4) is 6.07 Å². The molecule has 1 heterocycles. The minimum atomic E-state index is -0.505. The molecule has 0 bridgehead atoms. The first-order chi connectivity index (χ1) is 8.70. The summed E-state index contributed by atoms with van der Waals surface area (Å²) in [5.74, 6) is -0.356. The van der Waals surface area contributed by atoms with Gasteiger partial charge in [0.15, 0.2) is 0 Å². The number of nitrogens with zero attached hydrogens (tertiary/aromatic N) is 1. The number of thiophene rings is 1. The highest BCUT2D eigenvalue weighted by Crippen LogP contribution is 2.21. The summed E-state index contributed by atoms with van der Waals surface area (Å²) in [6.07, 6.45) is 0. The predicted molar refractivity (Wildman–Crippen MR) is 73.6 cm³/mol. The van der Waals surface area contributed by atoms with Gasteiger partial charge in [-0.25, -0.2) is 4.39 Å². The van der Waals surface area contributed by atoms with E-state index in [4.69, 9.17) is 5.26 Å². The van der Waals surface area contributed by atoms with Crippen LogP contribution in [-0.4, -0.2) is 0 Å². The lowest BCUT2D eigenvalue weighted by Crippen LogP contribution is -2.19. The molecule has 0 saturated carbocycles. The van der Waals surface area contributed by atoms with E-state index >= 15 is 0 Å². The number of benzene rings is 1. The molecule has 1 unspecified atom stereocenters.